The van der Waals surface area contributed by atoms with Crippen LogP contribution in [0.2, 0.25) is 0 Å². The molecular weight excluding hydrogens is 375 g/mol. The number of hydrogen-bond acceptors (Lipinski definition) is 4. The number of carbonyl (C=O) groups excluding carboxylic acids is 2. The maximum Gasteiger partial charge on any atom is 0.234 e. The second-order valence-corrected chi connectivity index (χ2v) is 7.77. The third-order valence-electron chi connectivity index (χ3n) is 5.61. The normalized spacial score (nSPS) is 26.1. The fourth-order valence-corrected chi connectivity index (χ4v) is 3.52. The Morgan fingerprint density at radius 1 is 1.04 bits per heavy atom. The molecule has 0 bridgehead atoms. The highest BCUT2D eigenvalue weighted by Crippen LogP contribution is 2.23. The van der Waals surface area contributed by atoms with Crippen LogP contribution in [0.25, 0.3) is 0 Å². The Bertz CT molecular complexity index is 435. The summed E-state index contributed by atoms with van der Waals surface area (Å²) >= 11 is 0. The molecule has 0 aromatic heterocycles. The molecule has 0 radical (unpaired) electrons. The number of rotatable bonds is 5. The zero-order valence-electron chi connectivity index (χ0n) is 16.3. The molecule has 1 saturated heterocycles. The smallest absolute Gasteiger partial charge is 0.234 e. The maximum atomic E-state index is 12.3. The lowest BCUT2D eigenvalue weighted by Crippen LogP contribution is -2.54. The van der Waals surface area contributed by atoms with Gasteiger partial charge in [0.15, 0.2) is 0 Å². The lowest BCUT2D eigenvalue weighted by atomic mass is 9.87. The van der Waals surface area contributed by atoms with Crippen LogP contribution >= 0.6 is 24.8 Å². The van der Waals surface area contributed by atoms with Crippen LogP contribution in [0.1, 0.15) is 46.5 Å². The van der Waals surface area contributed by atoms with Crippen molar-refractivity contribution in [3.63, 3.8) is 0 Å². The highest BCUT2D eigenvalue weighted by Gasteiger charge is 2.27. The molecule has 0 aromatic carbocycles. The molecule has 0 spiro atoms. The lowest BCUT2D eigenvalue weighted by molar-refractivity contribution is -0.137. The molecule has 2 rings (SSSR count). The predicted octanol–water partition coefficient (Wildman–Crippen LogP) is 1.65. The third-order valence-corrected chi connectivity index (χ3v) is 5.61. The minimum Gasteiger partial charge on any atom is -0.352 e. The van der Waals surface area contributed by atoms with Gasteiger partial charge in [-0.15, -0.1) is 24.8 Å². The number of nitrogens with one attached hydrogen (secondary N) is 1. The van der Waals surface area contributed by atoms with E-state index in [1.807, 2.05) is 18.7 Å². The molecule has 2 unspecified atom stereocenters. The highest BCUT2D eigenvalue weighted by molar-refractivity contribution is 5.85. The molecule has 8 heteroatoms. The standard InChI is InChI=1S/C18H34N4O2.2ClH/c1-13-4-6-16(7-5-13)20-17(23)12-21-8-10-22(11-9-21)18(24)14(2)15(3)19;;/h13-16H,4-12,19H2,1-3H3,(H,20,23);2*1H. The van der Waals surface area contributed by atoms with Gasteiger partial charge in [-0.1, -0.05) is 13.8 Å². The number of nitrogens with two attached hydrogens (primary N) is 1. The van der Waals surface area contributed by atoms with E-state index in [4.69, 9.17) is 5.73 Å². The molecule has 6 nitrogen and oxygen atoms in total. The van der Waals surface area contributed by atoms with Gasteiger partial charge in [-0.25, -0.2) is 0 Å². The van der Waals surface area contributed by atoms with Crippen LogP contribution in [0.3, 0.4) is 0 Å². The zero-order chi connectivity index (χ0) is 17.7. The van der Waals surface area contributed by atoms with Crippen LogP contribution in [-0.4, -0.2) is 66.4 Å². The van der Waals surface area contributed by atoms with E-state index in [0.717, 1.165) is 31.8 Å². The Morgan fingerprint density at radius 3 is 2.08 bits per heavy atom. The van der Waals surface area contributed by atoms with Gasteiger partial charge in [0.05, 0.1) is 12.5 Å². The summed E-state index contributed by atoms with van der Waals surface area (Å²) in [5.41, 5.74) is 5.82. The summed E-state index contributed by atoms with van der Waals surface area (Å²) in [6, 6.07) is 0.225. The summed E-state index contributed by atoms with van der Waals surface area (Å²) in [6.45, 7) is 9.36. The molecule has 2 atom stereocenters. The van der Waals surface area contributed by atoms with E-state index in [-0.39, 0.29) is 48.6 Å². The highest BCUT2D eigenvalue weighted by atomic mass is 35.5. The first-order valence-electron chi connectivity index (χ1n) is 9.43. The summed E-state index contributed by atoms with van der Waals surface area (Å²) in [7, 11) is 0. The summed E-state index contributed by atoms with van der Waals surface area (Å²) in [4.78, 5) is 28.5. The first-order valence-corrected chi connectivity index (χ1v) is 9.43. The quantitative estimate of drug-likeness (QED) is 0.721. The van der Waals surface area contributed by atoms with Gasteiger partial charge >= 0.3 is 0 Å². The largest absolute Gasteiger partial charge is 0.352 e. The molecule has 2 amide bonds. The number of piperazine rings is 1. The molecule has 1 heterocycles. The molecule has 2 aliphatic rings. The van der Waals surface area contributed by atoms with Gasteiger partial charge < -0.3 is 16.0 Å². The molecule has 1 aliphatic heterocycles. The topological polar surface area (TPSA) is 78.7 Å². The van der Waals surface area contributed by atoms with E-state index in [2.05, 4.69) is 17.1 Å². The number of halogens is 2. The van der Waals surface area contributed by atoms with Crippen LogP contribution in [0.5, 0.6) is 0 Å². The number of carbonyl (C=O) groups is 2. The number of hydrogen-bond donors (Lipinski definition) is 2. The third kappa shape index (κ3) is 7.59. The van der Waals surface area contributed by atoms with Gasteiger partial charge in [0.2, 0.25) is 11.8 Å². The Kier molecular flexibility index (Phi) is 11.7. The Balaban J connectivity index is 0.00000312. The monoisotopic (exact) mass is 410 g/mol. The lowest BCUT2D eigenvalue weighted by Gasteiger charge is -2.36. The van der Waals surface area contributed by atoms with Gasteiger partial charge in [0, 0.05) is 38.3 Å². The van der Waals surface area contributed by atoms with Gasteiger partial charge in [0.25, 0.3) is 0 Å². The number of amides is 2. The van der Waals surface area contributed by atoms with Gasteiger partial charge in [0.1, 0.15) is 0 Å². The maximum absolute atomic E-state index is 12.3. The summed E-state index contributed by atoms with van der Waals surface area (Å²) < 4.78 is 0. The molecule has 154 valence electrons. The Labute approximate surface area is 170 Å². The Morgan fingerprint density at radius 2 is 1.58 bits per heavy atom. The van der Waals surface area contributed by atoms with Crippen molar-refractivity contribution in [2.75, 3.05) is 32.7 Å². The average Bonchev–Trinajstić information content (AvgIpc) is 2.56. The van der Waals surface area contributed by atoms with Crippen LogP contribution in [-0.2, 0) is 9.59 Å². The van der Waals surface area contributed by atoms with Crippen LogP contribution in [0.4, 0.5) is 0 Å². The van der Waals surface area contributed by atoms with Gasteiger partial charge in [-0.3, -0.25) is 14.5 Å². The molecule has 1 saturated carbocycles. The fraction of sp³-hybridized carbons (Fsp3) is 0.889. The minimum absolute atomic E-state index is 0. The SMILES string of the molecule is CC1CCC(NC(=O)CN2CCN(C(=O)C(C)C(C)N)CC2)CC1.Cl.Cl. The van der Waals surface area contributed by atoms with Crippen molar-refractivity contribution in [1.82, 2.24) is 15.1 Å². The van der Waals surface area contributed by atoms with Gasteiger partial charge in [-0.2, -0.15) is 0 Å². The second kappa shape index (κ2) is 12.0. The van der Waals surface area contributed by atoms with E-state index >= 15 is 0 Å². The second-order valence-electron chi connectivity index (χ2n) is 7.77. The average molecular weight is 411 g/mol. The van der Waals surface area contributed by atoms with Crippen LogP contribution < -0.4 is 11.1 Å². The predicted molar refractivity (Wildman–Crippen MR) is 110 cm³/mol. The van der Waals surface area contributed by atoms with Crippen molar-refractivity contribution < 1.29 is 9.59 Å². The van der Waals surface area contributed by atoms with E-state index < -0.39 is 0 Å². The summed E-state index contributed by atoms with van der Waals surface area (Å²) in [5.74, 6) is 0.902. The van der Waals surface area contributed by atoms with Crippen LogP contribution in [0.15, 0.2) is 0 Å². The Hall–Kier alpha value is -0.560. The number of nitrogens with zero attached hydrogens (tertiary/aromatic N) is 2. The summed E-state index contributed by atoms with van der Waals surface area (Å²) in [6.07, 6.45) is 4.63. The van der Waals surface area contributed by atoms with Crippen LogP contribution in [0, 0.1) is 11.8 Å². The fourth-order valence-electron chi connectivity index (χ4n) is 3.52. The van der Waals surface area contributed by atoms with Crippen molar-refractivity contribution in [2.24, 2.45) is 17.6 Å². The van der Waals surface area contributed by atoms with Crippen molar-refractivity contribution in [1.29, 1.82) is 0 Å². The van der Waals surface area contributed by atoms with E-state index in [9.17, 15) is 9.59 Å². The van der Waals surface area contributed by atoms with Crippen molar-refractivity contribution in [2.45, 2.75) is 58.5 Å². The molecule has 3 N–H and O–H groups in total. The van der Waals surface area contributed by atoms with E-state index in [1.165, 1.54) is 12.8 Å². The first kappa shape index (κ1) is 25.4. The molecular formula is C18H36Cl2N4O2. The van der Waals surface area contributed by atoms with Crippen molar-refractivity contribution in [3.05, 3.63) is 0 Å². The van der Waals surface area contributed by atoms with E-state index in [0.29, 0.717) is 25.7 Å². The van der Waals surface area contributed by atoms with E-state index in [1.54, 1.807) is 0 Å². The molecule has 0 aromatic rings. The minimum atomic E-state index is -0.145. The van der Waals surface area contributed by atoms with Crippen molar-refractivity contribution >= 4 is 36.6 Å². The summed E-state index contributed by atoms with van der Waals surface area (Å²) in [5, 5.41) is 3.18. The molecule has 1 aliphatic carbocycles. The zero-order valence-corrected chi connectivity index (χ0v) is 17.9. The molecule has 2 fully saturated rings. The molecule has 26 heavy (non-hydrogen) atoms. The van der Waals surface area contributed by atoms with Gasteiger partial charge in [-0.05, 0) is 38.5 Å². The van der Waals surface area contributed by atoms with Crippen molar-refractivity contribution in [3.8, 4) is 0 Å². The first-order chi connectivity index (χ1) is 11.4.